The smallest absolute Gasteiger partial charge is 0.0446 e. The first-order chi connectivity index (χ1) is 7.69. The molecule has 16 heavy (non-hydrogen) atoms. The molecule has 0 aromatic heterocycles. The first-order valence-electron chi connectivity index (χ1n) is 6.11. The lowest BCUT2D eigenvalue weighted by Gasteiger charge is -2.28. The molecule has 0 spiro atoms. The highest BCUT2D eigenvalue weighted by Crippen LogP contribution is 2.14. The van der Waals surface area contributed by atoms with Gasteiger partial charge in [-0.2, -0.15) is 0 Å². The molecule has 2 unspecified atom stereocenters. The Kier molecular flexibility index (Phi) is 5.50. The maximum absolute atomic E-state index is 3.39. The van der Waals surface area contributed by atoms with Crippen LogP contribution in [-0.2, 0) is 0 Å². The second-order valence-electron chi connectivity index (χ2n) is 4.45. The van der Waals surface area contributed by atoms with Crippen molar-refractivity contribution >= 4 is 0 Å². The number of nitrogens with zero attached hydrogens (tertiary/aromatic N) is 1. The van der Waals surface area contributed by atoms with Crippen LogP contribution in [0.3, 0.4) is 0 Å². The SMILES string of the molecule is CCC(C)N(C)CC(NC)c1ccccc1. The van der Waals surface area contributed by atoms with Gasteiger partial charge in [-0.15, -0.1) is 0 Å². The van der Waals surface area contributed by atoms with Crippen molar-refractivity contribution in [3.63, 3.8) is 0 Å². The van der Waals surface area contributed by atoms with Crippen molar-refractivity contribution in [1.82, 2.24) is 10.2 Å². The summed E-state index contributed by atoms with van der Waals surface area (Å²) in [6.07, 6.45) is 1.20. The molecule has 90 valence electrons. The minimum Gasteiger partial charge on any atom is -0.312 e. The first-order valence-corrected chi connectivity index (χ1v) is 6.11. The predicted octanol–water partition coefficient (Wildman–Crippen LogP) is 2.68. The fourth-order valence-electron chi connectivity index (χ4n) is 1.83. The van der Waals surface area contributed by atoms with E-state index in [0.29, 0.717) is 12.1 Å². The summed E-state index contributed by atoms with van der Waals surface area (Å²) in [5, 5.41) is 3.39. The van der Waals surface area contributed by atoms with Gasteiger partial charge in [-0.05, 0) is 33.0 Å². The molecule has 1 rings (SSSR count). The van der Waals surface area contributed by atoms with Crippen molar-refractivity contribution in [3.8, 4) is 0 Å². The lowest BCUT2D eigenvalue weighted by Crippen LogP contribution is -2.36. The van der Waals surface area contributed by atoms with E-state index < -0.39 is 0 Å². The zero-order valence-corrected chi connectivity index (χ0v) is 10.9. The molecule has 2 atom stereocenters. The Balaban J connectivity index is 2.62. The molecule has 0 aliphatic rings. The van der Waals surface area contributed by atoms with Gasteiger partial charge in [0.05, 0.1) is 0 Å². The summed E-state index contributed by atoms with van der Waals surface area (Å²) in [6, 6.07) is 11.7. The van der Waals surface area contributed by atoms with Gasteiger partial charge in [-0.25, -0.2) is 0 Å². The van der Waals surface area contributed by atoms with E-state index in [4.69, 9.17) is 0 Å². The monoisotopic (exact) mass is 220 g/mol. The van der Waals surface area contributed by atoms with Gasteiger partial charge >= 0.3 is 0 Å². The summed E-state index contributed by atoms with van der Waals surface area (Å²) in [7, 11) is 4.23. The average molecular weight is 220 g/mol. The van der Waals surface area contributed by atoms with Crippen LogP contribution in [0.1, 0.15) is 31.9 Å². The Bertz CT molecular complexity index is 284. The van der Waals surface area contributed by atoms with Crippen LogP contribution >= 0.6 is 0 Å². The molecule has 0 radical (unpaired) electrons. The van der Waals surface area contributed by atoms with Gasteiger partial charge in [-0.1, -0.05) is 37.3 Å². The summed E-state index contributed by atoms with van der Waals surface area (Å²) < 4.78 is 0. The maximum atomic E-state index is 3.39. The Hall–Kier alpha value is -0.860. The van der Waals surface area contributed by atoms with Gasteiger partial charge in [0.1, 0.15) is 0 Å². The Morgan fingerprint density at radius 2 is 1.88 bits per heavy atom. The molecule has 0 heterocycles. The minimum atomic E-state index is 0.417. The van der Waals surface area contributed by atoms with Crippen molar-refractivity contribution < 1.29 is 0 Å². The summed E-state index contributed by atoms with van der Waals surface area (Å²) in [5.74, 6) is 0. The minimum absolute atomic E-state index is 0.417. The Morgan fingerprint density at radius 3 is 2.38 bits per heavy atom. The summed E-state index contributed by atoms with van der Waals surface area (Å²) in [5.41, 5.74) is 1.36. The molecule has 0 fully saturated rings. The van der Waals surface area contributed by atoms with Crippen LogP contribution in [0.4, 0.5) is 0 Å². The van der Waals surface area contributed by atoms with Crippen molar-refractivity contribution in [2.45, 2.75) is 32.4 Å². The summed E-state index contributed by atoms with van der Waals surface area (Å²) >= 11 is 0. The molecule has 2 heteroatoms. The molecule has 1 aromatic rings. The molecule has 0 saturated heterocycles. The van der Waals surface area contributed by atoms with Crippen molar-refractivity contribution in [1.29, 1.82) is 0 Å². The lowest BCUT2D eigenvalue weighted by atomic mass is 10.1. The molecule has 0 amide bonds. The summed E-state index contributed by atoms with van der Waals surface area (Å²) in [6.45, 7) is 5.56. The van der Waals surface area contributed by atoms with Crippen LogP contribution in [-0.4, -0.2) is 31.6 Å². The Morgan fingerprint density at radius 1 is 1.25 bits per heavy atom. The van der Waals surface area contributed by atoms with Gasteiger partial charge in [0, 0.05) is 18.6 Å². The van der Waals surface area contributed by atoms with E-state index in [9.17, 15) is 0 Å². The predicted molar refractivity (Wildman–Crippen MR) is 70.6 cm³/mol. The molecule has 0 bridgehead atoms. The van der Waals surface area contributed by atoms with Crippen LogP contribution in [0.5, 0.6) is 0 Å². The first kappa shape index (κ1) is 13.2. The third-order valence-corrected chi connectivity index (χ3v) is 3.36. The van der Waals surface area contributed by atoms with Crippen LogP contribution in [0.2, 0.25) is 0 Å². The third kappa shape index (κ3) is 3.62. The number of rotatable bonds is 6. The van der Waals surface area contributed by atoms with Crippen molar-refractivity contribution in [2.75, 3.05) is 20.6 Å². The topological polar surface area (TPSA) is 15.3 Å². The van der Waals surface area contributed by atoms with Crippen LogP contribution in [0, 0.1) is 0 Å². The molecular formula is C14H24N2. The van der Waals surface area contributed by atoms with E-state index in [-0.39, 0.29) is 0 Å². The van der Waals surface area contributed by atoms with E-state index in [1.165, 1.54) is 12.0 Å². The molecular weight excluding hydrogens is 196 g/mol. The maximum Gasteiger partial charge on any atom is 0.0446 e. The highest BCUT2D eigenvalue weighted by atomic mass is 15.1. The van der Waals surface area contributed by atoms with Gasteiger partial charge in [0.2, 0.25) is 0 Å². The fraction of sp³-hybridized carbons (Fsp3) is 0.571. The van der Waals surface area contributed by atoms with E-state index >= 15 is 0 Å². The van der Waals surface area contributed by atoms with E-state index in [1.807, 2.05) is 7.05 Å². The molecule has 0 saturated carbocycles. The number of hydrogen-bond donors (Lipinski definition) is 1. The third-order valence-electron chi connectivity index (χ3n) is 3.36. The Labute approximate surface area is 99.7 Å². The second-order valence-corrected chi connectivity index (χ2v) is 4.45. The van der Waals surface area contributed by atoms with Gasteiger partial charge < -0.3 is 10.2 Å². The van der Waals surface area contributed by atoms with E-state index in [0.717, 1.165) is 6.54 Å². The average Bonchev–Trinajstić information content (AvgIpc) is 2.35. The fourth-order valence-corrected chi connectivity index (χ4v) is 1.83. The lowest BCUT2D eigenvalue weighted by molar-refractivity contribution is 0.228. The second kappa shape index (κ2) is 6.66. The zero-order valence-electron chi connectivity index (χ0n) is 10.9. The standard InChI is InChI=1S/C14H24N2/c1-5-12(2)16(4)11-14(15-3)13-9-7-6-8-10-13/h6-10,12,14-15H,5,11H2,1-4H3. The number of nitrogens with one attached hydrogen (secondary N) is 1. The van der Waals surface area contributed by atoms with Crippen LogP contribution in [0.15, 0.2) is 30.3 Å². The van der Waals surface area contributed by atoms with Crippen molar-refractivity contribution in [2.24, 2.45) is 0 Å². The van der Waals surface area contributed by atoms with Crippen molar-refractivity contribution in [3.05, 3.63) is 35.9 Å². The van der Waals surface area contributed by atoms with Gasteiger partial charge in [-0.3, -0.25) is 0 Å². The largest absolute Gasteiger partial charge is 0.312 e. The quantitative estimate of drug-likeness (QED) is 0.793. The molecule has 0 aliphatic heterocycles. The molecule has 0 aliphatic carbocycles. The highest BCUT2D eigenvalue weighted by Gasteiger charge is 2.14. The molecule has 1 N–H and O–H groups in total. The summed E-state index contributed by atoms with van der Waals surface area (Å²) in [4.78, 5) is 2.41. The molecule has 1 aromatic carbocycles. The molecule has 2 nitrogen and oxygen atoms in total. The van der Waals surface area contributed by atoms with E-state index in [1.54, 1.807) is 0 Å². The number of likely N-dealkylation sites (N-methyl/N-ethyl adjacent to an activating group) is 2. The van der Waals surface area contributed by atoms with Crippen LogP contribution < -0.4 is 5.32 Å². The van der Waals surface area contributed by atoms with E-state index in [2.05, 4.69) is 61.4 Å². The number of hydrogen-bond acceptors (Lipinski definition) is 2. The normalized spacial score (nSPS) is 15.1. The van der Waals surface area contributed by atoms with Crippen LogP contribution in [0.25, 0.3) is 0 Å². The highest BCUT2D eigenvalue weighted by molar-refractivity contribution is 5.19. The number of benzene rings is 1. The van der Waals surface area contributed by atoms with Gasteiger partial charge in [0.15, 0.2) is 0 Å². The van der Waals surface area contributed by atoms with Gasteiger partial charge in [0.25, 0.3) is 0 Å². The zero-order chi connectivity index (χ0) is 12.0.